The third-order valence-electron chi connectivity index (χ3n) is 2.78. The Hall–Kier alpha value is -0.770. The van der Waals surface area contributed by atoms with E-state index < -0.39 is 5.60 Å². The number of hydrogen-bond acceptors (Lipinski definition) is 3. The average Bonchev–Trinajstić information content (AvgIpc) is 2.26. The predicted octanol–water partition coefficient (Wildman–Crippen LogP) is 2.88. The van der Waals surface area contributed by atoms with Crippen LogP contribution in [0.25, 0.3) is 0 Å². The fourth-order valence-electron chi connectivity index (χ4n) is 1.41. The van der Waals surface area contributed by atoms with Crippen LogP contribution < -0.4 is 5.32 Å². The first kappa shape index (κ1) is 17.2. The topological polar surface area (TPSA) is 41.6 Å². The van der Waals surface area contributed by atoms with E-state index in [-0.39, 0.29) is 6.09 Å². The predicted molar refractivity (Wildman–Crippen MR) is 75.8 cm³/mol. The standard InChI is InChI=1S/C14H30N2O2/c1-7-12(3)11-15-9-10-16(8-2)13(17)18-14(4,5)6/h12,15H,7-11H2,1-6H3. The van der Waals surface area contributed by atoms with Gasteiger partial charge in [0.2, 0.25) is 0 Å². The summed E-state index contributed by atoms with van der Waals surface area (Å²) < 4.78 is 5.35. The number of hydrogen-bond donors (Lipinski definition) is 1. The quantitative estimate of drug-likeness (QED) is 0.714. The molecule has 0 aromatic heterocycles. The number of likely N-dealkylation sites (N-methyl/N-ethyl adjacent to an activating group) is 1. The first-order chi connectivity index (χ1) is 8.30. The van der Waals surface area contributed by atoms with Gasteiger partial charge in [-0.25, -0.2) is 4.79 Å². The Labute approximate surface area is 112 Å². The van der Waals surface area contributed by atoms with Gasteiger partial charge in [0.25, 0.3) is 0 Å². The number of nitrogens with zero attached hydrogens (tertiary/aromatic N) is 1. The molecule has 0 rings (SSSR count). The Balaban J connectivity index is 3.93. The maximum Gasteiger partial charge on any atom is 0.410 e. The van der Waals surface area contributed by atoms with Gasteiger partial charge in [0.15, 0.2) is 0 Å². The molecule has 0 spiro atoms. The molecule has 0 fully saturated rings. The van der Waals surface area contributed by atoms with Gasteiger partial charge in [0.1, 0.15) is 5.60 Å². The SMILES string of the molecule is CCC(C)CNCCN(CC)C(=O)OC(C)(C)C. The molecule has 0 saturated heterocycles. The zero-order chi connectivity index (χ0) is 14.2. The van der Waals surface area contributed by atoms with E-state index in [1.165, 1.54) is 6.42 Å². The highest BCUT2D eigenvalue weighted by Gasteiger charge is 2.20. The molecular weight excluding hydrogens is 228 g/mol. The fraction of sp³-hybridized carbons (Fsp3) is 0.929. The van der Waals surface area contributed by atoms with Gasteiger partial charge in [-0.2, -0.15) is 0 Å². The Morgan fingerprint density at radius 3 is 2.39 bits per heavy atom. The van der Waals surface area contributed by atoms with Gasteiger partial charge in [0.05, 0.1) is 0 Å². The van der Waals surface area contributed by atoms with Crippen molar-refractivity contribution in [3.05, 3.63) is 0 Å². The van der Waals surface area contributed by atoms with E-state index in [1.54, 1.807) is 4.90 Å². The highest BCUT2D eigenvalue weighted by Crippen LogP contribution is 2.09. The third-order valence-corrected chi connectivity index (χ3v) is 2.78. The molecule has 1 amide bonds. The largest absolute Gasteiger partial charge is 0.444 e. The molecule has 1 unspecified atom stereocenters. The van der Waals surface area contributed by atoms with Gasteiger partial charge in [-0.3, -0.25) is 0 Å². The van der Waals surface area contributed by atoms with Crippen LogP contribution in [0.5, 0.6) is 0 Å². The molecule has 4 nitrogen and oxygen atoms in total. The molecule has 108 valence electrons. The maximum atomic E-state index is 11.9. The van der Waals surface area contributed by atoms with Crippen LogP contribution in [-0.2, 0) is 4.74 Å². The summed E-state index contributed by atoms with van der Waals surface area (Å²) in [5.41, 5.74) is -0.422. The van der Waals surface area contributed by atoms with Gasteiger partial charge in [-0.05, 0) is 40.2 Å². The molecular formula is C14H30N2O2. The molecule has 0 aromatic rings. The monoisotopic (exact) mass is 258 g/mol. The highest BCUT2D eigenvalue weighted by atomic mass is 16.6. The van der Waals surface area contributed by atoms with Crippen molar-refractivity contribution in [1.82, 2.24) is 10.2 Å². The summed E-state index contributed by atoms with van der Waals surface area (Å²) in [4.78, 5) is 13.6. The van der Waals surface area contributed by atoms with E-state index in [0.29, 0.717) is 19.0 Å². The molecule has 0 aliphatic heterocycles. The fourth-order valence-corrected chi connectivity index (χ4v) is 1.41. The molecule has 0 heterocycles. The molecule has 0 aromatic carbocycles. The number of ether oxygens (including phenoxy) is 1. The second-order valence-electron chi connectivity index (χ2n) is 5.78. The zero-order valence-electron chi connectivity index (χ0n) is 12.9. The van der Waals surface area contributed by atoms with Crippen LogP contribution in [0.3, 0.4) is 0 Å². The minimum absolute atomic E-state index is 0.227. The number of rotatable bonds is 7. The lowest BCUT2D eigenvalue weighted by molar-refractivity contribution is 0.0262. The summed E-state index contributed by atoms with van der Waals surface area (Å²) in [5.74, 6) is 0.682. The van der Waals surface area contributed by atoms with Crippen molar-refractivity contribution in [2.75, 3.05) is 26.2 Å². The van der Waals surface area contributed by atoms with Gasteiger partial charge in [0, 0.05) is 19.6 Å². The van der Waals surface area contributed by atoms with Gasteiger partial charge in [-0.15, -0.1) is 0 Å². The molecule has 0 saturated carbocycles. The van der Waals surface area contributed by atoms with Crippen molar-refractivity contribution in [1.29, 1.82) is 0 Å². The highest BCUT2D eigenvalue weighted by molar-refractivity contribution is 5.68. The van der Waals surface area contributed by atoms with Crippen molar-refractivity contribution in [2.24, 2.45) is 5.92 Å². The van der Waals surface area contributed by atoms with Gasteiger partial charge >= 0.3 is 6.09 Å². The Bertz CT molecular complexity index is 236. The molecule has 0 radical (unpaired) electrons. The van der Waals surface area contributed by atoms with Gasteiger partial charge < -0.3 is 15.0 Å². The third kappa shape index (κ3) is 8.34. The van der Waals surface area contributed by atoms with E-state index in [4.69, 9.17) is 4.74 Å². The molecule has 18 heavy (non-hydrogen) atoms. The van der Waals surface area contributed by atoms with E-state index >= 15 is 0 Å². The van der Waals surface area contributed by atoms with Crippen molar-refractivity contribution in [3.8, 4) is 0 Å². The van der Waals surface area contributed by atoms with Crippen molar-refractivity contribution >= 4 is 6.09 Å². The van der Waals surface area contributed by atoms with E-state index in [0.717, 1.165) is 13.1 Å². The number of carbonyl (C=O) groups excluding carboxylic acids is 1. The van der Waals surface area contributed by atoms with Crippen molar-refractivity contribution in [3.63, 3.8) is 0 Å². The maximum absolute atomic E-state index is 11.9. The first-order valence-electron chi connectivity index (χ1n) is 6.98. The van der Waals surface area contributed by atoms with Crippen molar-refractivity contribution < 1.29 is 9.53 Å². The molecule has 0 bridgehead atoms. The number of amides is 1. The average molecular weight is 258 g/mol. The normalized spacial score (nSPS) is 13.2. The molecule has 1 atom stereocenters. The molecule has 1 N–H and O–H groups in total. The van der Waals surface area contributed by atoms with Crippen LogP contribution in [0, 0.1) is 5.92 Å². The summed E-state index contributed by atoms with van der Waals surface area (Å²) in [7, 11) is 0. The summed E-state index contributed by atoms with van der Waals surface area (Å²) >= 11 is 0. The Morgan fingerprint density at radius 2 is 1.94 bits per heavy atom. The lowest BCUT2D eigenvalue weighted by atomic mass is 10.1. The lowest BCUT2D eigenvalue weighted by Gasteiger charge is -2.26. The van der Waals surface area contributed by atoms with Crippen LogP contribution in [0.15, 0.2) is 0 Å². The summed E-state index contributed by atoms with van der Waals surface area (Å²) in [6, 6.07) is 0. The minimum atomic E-state index is -0.422. The second-order valence-corrected chi connectivity index (χ2v) is 5.78. The van der Waals surface area contributed by atoms with Crippen LogP contribution in [-0.4, -0.2) is 42.8 Å². The number of nitrogens with one attached hydrogen (secondary N) is 1. The Morgan fingerprint density at radius 1 is 1.33 bits per heavy atom. The first-order valence-corrected chi connectivity index (χ1v) is 6.98. The van der Waals surface area contributed by atoms with Crippen LogP contribution in [0.4, 0.5) is 4.79 Å². The van der Waals surface area contributed by atoms with Crippen LogP contribution >= 0.6 is 0 Å². The second kappa shape index (κ2) is 8.35. The van der Waals surface area contributed by atoms with E-state index in [2.05, 4.69) is 19.2 Å². The van der Waals surface area contributed by atoms with E-state index in [9.17, 15) is 4.79 Å². The van der Waals surface area contributed by atoms with E-state index in [1.807, 2.05) is 27.7 Å². The van der Waals surface area contributed by atoms with Crippen LogP contribution in [0.2, 0.25) is 0 Å². The van der Waals surface area contributed by atoms with Gasteiger partial charge in [-0.1, -0.05) is 20.3 Å². The Kier molecular flexibility index (Phi) is 8.00. The summed E-state index contributed by atoms with van der Waals surface area (Å²) in [5, 5.41) is 3.37. The summed E-state index contributed by atoms with van der Waals surface area (Å²) in [6.07, 6.45) is 0.951. The summed E-state index contributed by atoms with van der Waals surface area (Å²) in [6.45, 7) is 15.2. The lowest BCUT2D eigenvalue weighted by Crippen LogP contribution is -2.40. The van der Waals surface area contributed by atoms with Crippen molar-refractivity contribution in [2.45, 2.75) is 53.6 Å². The molecule has 0 aliphatic carbocycles. The minimum Gasteiger partial charge on any atom is -0.444 e. The molecule has 0 aliphatic rings. The number of carbonyl (C=O) groups is 1. The van der Waals surface area contributed by atoms with Crippen LogP contribution in [0.1, 0.15) is 48.0 Å². The smallest absolute Gasteiger partial charge is 0.410 e. The zero-order valence-corrected chi connectivity index (χ0v) is 12.9. The molecule has 4 heteroatoms.